The van der Waals surface area contributed by atoms with Crippen molar-refractivity contribution in [2.45, 2.75) is 19.4 Å². The number of imidazole rings is 1. The third kappa shape index (κ3) is 2.22. The number of anilines is 1. The minimum absolute atomic E-state index is 0.219. The van der Waals surface area contributed by atoms with E-state index in [0.717, 1.165) is 23.4 Å². The van der Waals surface area contributed by atoms with Gasteiger partial charge in [-0.3, -0.25) is 0 Å². The van der Waals surface area contributed by atoms with E-state index in [2.05, 4.69) is 51.5 Å². The van der Waals surface area contributed by atoms with E-state index in [4.69, 9.17) is 0 Å². The third-order valence-corrected chi connectivity index (χ3v) is 3.42. The second-order valence-electron chi connectivity index (χ2n) is 4.77. The Balaban J connectivity index is 1.96. The average molecular weight is 267 g/mol. The van der Waals surface area contributed by atoms with Gasteiger partial charge in [-0.05, 0) is 12.0 Å². The minimum atomic E-state index is 0.219. The SMILES string of the molecule is CC[C@@H](Nc1ncnc2c1ncn2C)c1ccccc1. The summed E-state index contributed by atoms with van der Waals surface area (Å²) < 4.78 is 1.89. The quantitative estimate of drug-likeness (QED) is 0.789. The van der Waals surface area contributed by atoms with E-state index in [-0.39, 0.29) is 6.04 Å². The lowest BCUT2D eigenvalue weighted by Crippen LogP contribution is -2.11. The van der Waals surface area contributed by atoms with Crippen LogP contribution in [0.3, 0.4) is 0 Å². The van der Waals surface area contributed by atoms with E-state index in [0.29, 0.717) is 0 Å². The van der Waals surface area contributed by atoms with Crippen LogP contribution in [-0.4, -0.2) is 19.5 Å². The van der Waals surface area contributed by atoms with E-state index in [1.54, 1.807) is 12.7 Å². The predicted octanol–water partition coefficient (Wildman–Crippen LogP) is 2.93. The molecule has 0 unspecified atom stereocenters. The summed E-state index contributed by atoms with van der Waals surface area (Å²) in [6.45, 7) is 2.15. The molecule has 0 fully saturated rings. The highest BCUT2D eigenvalue weighted by Crippen LogP contribution is 2.24. The average Bonchev–Trinajstić information content (AvgIpc) is 2.88. The van der Waals surface area contributed by atoms with Gasteiger partial charge in [-0.25, -0.2) is 15.0 Å². The number of nitrogens with zero attached hydrogens (tertiary/aromatic N) is 4. The summed E-state index contributed by atoms with van der Waals surface area (Å²) in [6.07, 6.45) is 4.31. The first-order valence-electron chi connectivity index (χ1n) is 6.73. The van der Waals surface area contributed by atoms with Gasteiger partial charge in [0, 0.05) is 7.05 Å². The number of rotatable bonds is 4. The van der Waals surface area contributed by atoms with Crippen LogP contribution in [0.2, 0.25) is 0 Å². The number of fused-ring (bicyclic) bond motifs is 1. The molecule has 2 heterocycles. The van der Waals surface area contributed by atoms with Crippen LogP contribution in [0.15, 0.2) is 43.0 Å². The lowest BCUT2D eigenvalue weighted by atomic mass is 10.0. The highest BCUT2D eigenvalue weighted by Gasteiger charge is 2.13. The maximum atomic E-state index is 4.37. The largest absolute Gasteiger partial charge is 0.361 e. The Morgan fingerprint density at radius 1 is 1.15 bits per heavy atom. The first kappa shape index (κ1) is 12.6. The van der Waals surface area contributed by atoms with Crippen molar-refractivity contribution in [3.8, 4) is 0 Å². The molecule has 20 heavy (non-hydrogen) atoms. The minimum Gasteiger partial charge on any atom is -0.361 e. The summed E-state index contributed by atoms with van der Waals surface area (Å²) in [6, 6.07) is 10.6. The van der Waals surface area contributed by atoms with Gasteiger partial charge in [0.1, 0.15) is 11.8 Å². The molecule has 0 amide bonds. The summed E-state index contributed by atoms with van der Waals surface area (Å²) in [7, 11) is 1.93. The maximum Gasteiger partial charge on any atom is 0.165 e. The number of benzene rings is 1. The Kier molecular flexibility index (Phi) is 3.33. The van der Waals surface area contributed by atoms with E-state index < -0.39 is 0 Å². The van der Waals surface area contributed by atoms with Gasteiger partial charge in [0.2, 0.25) is 0 Å². The molecule has 1 aromatic carbocycles. The molecule has 0 radical (unpaired) electrons. The van der Waals surface area contributed by atoms with Crippen LogP contribution in [0.25, 0.3) is 11.2 Å². The fourth-order valence-electron chi connectivity index (χ4n) is 2.32. The molecule has 3 aromatic rings. The Morgan fingerprint density at radius 2 is 1.95 bits per heavy atom. The first-order chi connectivity index (χ1) is 9.79. The molecule has 5 heteroatoms. The molecule has 0 saturated heterocycles. The topological polar surface area (TPSA) is 55.6 Å². The molecule has 102 valence electrons. The van der Waals surface area contributed by atoms with E-state index in [1.807, 2.05) is 17.7 Å². The van der Waals surface area contributed by atoms with Crippen LogP contribution in [-0.2, 0) is 7.05 Å². The van der Waals surface area contributed by atoms with E-state index in [9.17, 15) is 0 Å². The standard InChI is InChI=1S/C15H17N5/c1-3-12(11-7-5-4-6-8-11)19-14-13-15(17-9-16-14)20(2)10-18-13/h4-10,12H,3H2,1-2H3,(H,16,17,19)/t12-/m1/s1. The van der Waals surface area contributed by atoms with Gasteiger partial charge < -0.3 is 9.88 Å². The van der Waals surface area contributed by atoms with E-state index >= 15 is 0 Å². The van der Waals surface area contributed by atoms with Crippen LogP contribution < -0.4 is 5.32 Å². The highest BCUT2D eigenvalue weighted by molar-refractivity contribution is 5.82. The second-order valence-corrected chi connectivity index (χ2v) is 4.77. The van der Waals surface area contributed by atoms with Crippen molar-refractivity contribution >= 4 is 17.0 Å². The first-order valence-corrected chi connectivity index (χ1v) is 6.73. The van der Waals surface area contributed by atoms with Crippen LogP contribution in [0.4, 0.5) is 5.82 Å². The van der Waals surface area contributed by atoms with Crippen LogP contribution in [0, 0.1) is 0 Å². The lowest BCUT2D eigenvalue weighted by molar-refractivity contribution is 0.745. The Labute approximate surface area is 117 Å². The molecule has 2 aromatic heterocycles. The molecule has 0 aliphatic heterocycles. The molecule has 0 spiro atoms. The zero-order valence-electron chi connectivity index (χ0n) is 11.6. The van der Waals surface area contributed by atoms with Gasteiger partial charge in [-0.15, -0.1) is 0 Å². The zero-order chi connectivity index (χ0) is 13.9. The summed E-state index contributed by atoms with van der Waals surface area (Å²) >= 11 is 0. The summed E-state index contributed by atoms with van der Waals surface area (Å²) in [4.78, 5) is 13.0. The van der Waals surface area contributed by atoms with Crippen LogP contribution in [0.5, 0.6) is 0 Å². The predicted molar refractivity (Wildman–Crippen MR) is 79.4 cm³/mol. The fourth-order valence-corrected chi connectivity index (χ4v) is 2.32. The normalized spacial score (nSPS) is 12.5. The molecule has 0 saturated carbocycles. The zero-order valence-corrected chi connectivity index (χ0v) is 11.6. The Hall–Kier alpha value is -2.43. The van der Waals surface area contributed by atoms with Crippen molar-refractivity contribution in [3.63, 3.8) is 0 Å². The smallest absolute Gasteiger partial charge is 0.165 e. The number of hydrogen-bond acceptors (Lipinski definition) is 4. The monoisotopic (exact) mass is 267 g/mol. The molecule has 1 atom stereocenters. The molecule has 3 rings (SSSR count). The van der Waals surface area contributed by atoms with Crippen molar-refractivity contribution in [3.05, 3.63) is 48.5 Å². The summed E-state index contributed by atoms with van der Waals surface area (Å²) in [5.74, 6) is 0.784. The van der Waals surface area contributed by atoms with Crippen molar-refractivity contribution in [1.29, 1.82) is 0 Å². The third-order valence-electron chi connectivity index (χ3n) is 3.42. The van der Waals surface area contributed by atoms with E-state index in [1.165, 1.54) is 5.56 Å². The van der Waals surface area contributed by atoms with Crippen LogP contribution in [0.1, 0.15) is 24.9 Å². The Morgan fingerprint density at radius 3 is 2.70 bits per heavy atom. The molecule has 1 N–H and O–H groups in total. The number of aryl methyl sites for hydroxylation is 1. The second kappa shape index (κ2) is 5.28. The van der Waals surface area contributed by atoms with Crippen LogP contribution >= 0.6 is 0 Å². The number of hydrogen-bond donors (Lipinski definition) is 1. The Bertz CT molecular complexity index is 705. The molecule has 0 bridgehead atoms. The van der Waals surface area contributed by atoms with Gasteiger partial charge in [-0.2, -0.15) is 0 Å². The highest BCUT2D eigenvalue weighted by atomic mass is 15.1. The summed E-state index contributed by atoms with van der Waals surface area (Å²) in [5.41, 5.74) is 2.90. The molecular formula is C15H17N5. The van der Waals surface area contributed by atoms with Crippen molar-refractivity contribution < 1.29 is 0 Å². The molecule has 0 aliphatic carbocycles. The maximum absolute atomic E-state index is 4.37. The van der Waals surface area contributed by atoms with Gasteiger partial charge in [0.05, 0.1) is 12.4 Å². The molecule has 5 nitrogen and oxygen atoms in total. The van der Waals surface area contributed by atoms with Gasteiger partial charge in [-0.1, -0.05) is 37.3 Å². The van der Waals surface area contributed by atoms with Gasteiger partial charge in [0.25, 0.3) is 0 Å². The fraction of sp³-hybridized carbons (Fsp3) is 0.267. The van der Waals surface area contributed by atoms with Crippen molar-refractivity contribution in [2.24, 2.45) is 7.05 Å². The number of nitrogens with one attached hydrogen (secondary N) is 1. The van der Waals surface area contributed by atoms with Gasteiger partial charge in [0.15, 0.2) is 11.5 Å². The lowest BCUT2D eigenvalue weighted by Gasteiger charge is -2.18. The van der Waals surface area contributed by atoms with Gasteiger partial charge >= 0.3 is 0 Å². The molecule has 0 aliphatic rings. The van der Waals surface area contributed by atoms with Crippen molar-refractivity contribution in [2.75, 3.05) is 5.32 Å². The summed E-state index contributed by atoms with van der Waals surface area (Å²) in [5, 5.41) is 3.47. The van der Waals surface area contributed by atoms with Crippen molar-refractivity contribution in [1.82, 2.24) is 19.5 Å². The molecular weight excluding hydrogens is 250 g/mol. The number of aromatic nitrogens is 4.